The van der Waals surface area contributed by atoms with Crippen LogP contribution in [0.1, 0.15) is 18.2 Å². The maximum absolute atomic E-state index is 8.89. The number of aromatic nitrogens is 1. The van der Waals surface area contributed by atoms with Crippen molar-refractivity contribution in [2.24, 2.45) is 0 Å². The molecule has 0 bridgehead atoms. The number of rotatable bonds is 1. The van der Waals surface area contributed by atoms with Gasteiger partial charge in [-0.05, 0) is 25.1 Å². The number of allylic oxidation sites excluding steroid dienone is 1. The SMILES string of the molecule is C1=C(c2ccccc2)[n+]2ccccc2C1.CC(=O)[O-]. The summed E-state index contributed by atoms with van der Waals surface area (Å²) in [5.41, 5.74) is 3.94. The zero-order valence-electron chi connectivity index (χ0n) is 10.7. The van der Waals surface area contributed by atoms with E-state index in [-0.39, 0.29) is 0 Å². The Bertz CT molecular complexity index is 599. The number of fused-ring (bicyclic) bond motifs is 1. The number of hydrogen-bond acceptors (Lipinski definition) is 2. The van der Waals surface area contributed by atoms with Crippen molar-refractivity contribution in [2.75, 3.05) is 0 Å². The van der Waals surface area contributed by atoms with E-state index in [1.165, 1.54) is 17.0 Å². The first-order valence-electron chi connectivity index (χ1n) is 6.11. The van der Waals surface area contributed by atoms with E-state index in [9.17, 15) is 0 Å². The first kappa shape index (κ1) is 13.0. The van der Waals surface area contributed by atoms with Crippen LogP contribution in [0.25, 0.3) is 5.70 Å². The maximum Gasteiger partial charge on any atom is 0.214 e. The van der Waals surface area contributed by atoms with E-state index >= 15 is 0 Å². The molecule has 0 unspecified atom stereocenters. The molecule has 0 spiro atoms. The van der Waals surface area contributed by atoms with Gasteiger partial charge in [-0.15, -0.1) is 0 Å². The minimum absolute atomic E-state index is 0.972. The lowest BCUT2D eigenvalue weighted by Gasteiger charge is -1.98. The summed E-state index contributed by atoms with van der Waals surface area (Å²) >= 11 is 0. The molecular formula is C16H15NO2. The van der Waals surface area contributed by atoms with Gasteiger partial charge >= 0.3 is 0 Å². The summed E-state index contributed by atoms with van der Waals surface area (Å²) in [7, 11) is 0. The Morgan fingerprint density at radius 2 is 1.74 bits per heavy atom. The Hall–Kier alpha value is -2.42. The van der Waals surface area contributed by atoms with E-state index in [0.29, 0.717) is 0 Å². The highest BCUT2D eigenvalue weighted by atomic mass is 16.4. The lowest BCUT2D eigenvalue weighted by atomic mass is 10.1. The maximum atomic E-state index is 8.89. The van der Waals surface area contributed by atoms with Crippen molar-refractivity contribution < 1.29 is 14.5 Å². The Kier molecular flexibility index (Phi) is 4.08. The number of hydrogen-bond donors (Lipinski definition) is 0. The molecule has 0 saturated carbocycles. The lowest BCUT2D eigenvalue weighted by Crippen LogP contribution is -2.32. The van der Waals surface area contributed by atoms with Crippen LogP contribution < -0.4 is 9.67 Å². The molecule has 2 aromatic rings. The molecule has 1 aliphatic heterocycles. The van der Waals surface area contributed by atoms with Crippen LogP contribution in [-0.2, 0) is 11.2 Å². The summed E-state index contributed by atoms with van der Waals surface area (Å²) in [6.07, 6.45) is 5.44. The molecule has 0 radical (unpaired) electrons. The molecule has 1 aromatic carbocycles. The van der Waals surface area contributed by atoms with E-state index in [1.807, 2.05) is 0 Å². The van der Waals surface area contributed by atoms with Gasteiger partial charge in [0.25, 0.3) is 0 Å². The highest BCUT2D eigenvalue weighted by molar-refractivity contribution is 5.60. The average molecular weight is 253 g/mol. The predicted octanol–water partition coefficient (Wildman–Crippen LogP) is 1.18. The molecule has 0 aliphatic carbocycles. The lowest BCUT2D eigenvalue weighted by molar-refractivity contribution is -0.582. The van der Waals surface area contributed by atoms with Gasteiger partial charge in [0, 0.05) is 23.7 Å². The predicted molar refractivity (Wildman–Crippen MR) is 70.8 cm³/mol. The summed E-state index contributed by atoms with van der Waals surface area (Å²) < 4.78 is 2.26. The first-order valence-corrected chi connectivity index (χ1v) is 6.11. The largest absolute Gasteiger partial charge is 0.550 e. The fourth-order valence-electron chi connectivity index (χ4n) is 2.05. The molecule has 1 aromatic heterocycles. The van der Waals surface area contributed by atoms with Crippen LogP contribution in [0.15, 0.2) is 60.8 Å². The third-order valence-corrected chi connectivity index (χ3v) is 2.78. The second kappa shape index (κ2) is 5.96. The fraction of sp³-hybridized carbons (Fsp3) is 0.125. The fourth-order valence-corrected chi connectivity index (χ4v) is 2.05. The zero-order valence-corrected chi connectivity index (χ0v) is 10.7. The molecule has 3 heteroatoms. The molecule has 3 rings (SSSR count). The van der Waals surface area contributed by atoms with Crippen molar-refractivity contribution in [1.29, 1.82) is 0 Å². The monoisotopic (exact) mass is 253 g/mol. The molecule has 0 N–H and O–H groups in total. The third-order valence-electron chi connectivity index (χ3n) is 2.78. The van der Waals surface area contributed by atoms with Crippen molar-refractivity contribution in [3.8, 4) is 0 Å². The molecular weight excluding hydrogens is 238 g/mol. The standard InChI is InChI=1S/C14H12N.C2H4O2/c1-2-6-12(7-3-1)14-10-9-13-8-4-5-11-15(13)14;1-2(3)4/h1-8,10-11H,9H2;1H3,(H,3,4)/q+1;/p-1. The van der Waals surface area contributed by atoms with Gasteiger partial charge in [0.15, 0.2) is 11.9 Å². The van der Waals surface area contributed by atoms with E-state index in [2.05, 4.69) is 65.4 Å². The average Bonchev–Trinajstić information content (AvgIpc) is 2.83. The molecule has 19 heavy (non-hydrogen) atoms. The van der Waals surface area contributed by atoms with Crippen LogP contribution in [0.2, 0.25) is 0 Å². The summed E-state index contributed by atoms with van der Waals surface area (Å²) in [5, 5.41) is 8.89. The Labute approximate surface area is 112 Å². The van der Waals surface area contributed by atoms with Gasteiger partial charge in [-0.2, -0.15) is 4.57 Å². The van der Waals surface area contributed by atoms with Gasteiger partial charge in [-0.25, -0.2) is 0 Å². The zero-order chi connectivity index (χ0) is 13.7. The molecule has 96 valence electrons. The second-order valence-electron chi connectivity index (χ2n) is 4.21. The van der Waals surface area contributed by atoms with Crippen LogP contribution in [0.5, 0.6) is 0 Å². The normalized spacial score (nSPS) is 11.9. The summed E-state index contributed by atoms with van der Waals surface area (Å²) in [4.78, 5) is 8.89. The number of nitrogens with zero attached hydrogens (tertiary/aromatic N) is 1. The first-order chi connectivity index (χ1) is 9.18. The van der Waals surface area contributed by atoms with Crippen LogP contribution >= 0.6 is 0 Å². The number of aliphatic carboxylic acids is 1. The number of pyridine rings is 1. The van der Waals surface area contributed by atoms with Crippen molar-refractivity contribution in [3.05, 3.63) is 72.1 Å². The molecule has 0 amide bonds. The summed E-state index contributed by atoms with van der Waals surface area (Å²) in [6, 6.07) is 16.9. The van der Waals surface area contributed by atoms with Gasteiger partial charge < -0.3 is 9.90 Å². The van der Waals surface area contributed by atoms with Crippen LogP contribution in [0, 0.1) is 0 Å². The number of carbonyl (C=O) groups is 1. The van der Waals surface area contributed by atoms with E-state index in [4.69, 9.17) is 9.90 Å². The summed E-state index contributed by atoms with van der Waals surface area (Å²) in [5.74, 6) is -1.08. The van der Waals surface area contributed by atoms with Gasteiger partial charge in [-0.3, -0.25) is 0 Å². The topological polar surface area (TPSA) is 44.0 Å². The van der Waals surface area contributed by atoms with Crippen LogP contribution in [0.3, 0.4) is 0 Å². The molecule has 2 heterocycles. The highest BCUT2D eigenvalue weighted by Gasteiger charge is 2.22. The molecule has 1 aliphatic rings. The molecule has 3 nitrogen and oxygen atoms in total. The van der Waals surface area contributed by atoms with E-state index in [0.717, 1.165) is 13.3 Å². The minimum Gasteiger partial charge on any atom is -0.550 e. The number of benzene rings is 1. The Balaban J connectivity index is 0.000000297. The molecule has 0 saturated heterocycles. The second-order valence-corrected chi connectivity index (χ2v) is 4.21. The van der Waals surface area contributed by atoms with Crippen molar-refractivity contribution in [1.82, 2.24) is 0 Å². The van der Waals surface area contributed by atoms with Gasteiger partial charge in [0.05, 0.1) is 6.42 Å². The summed E-state index contributed by atoms with van der Waals surface area (Å²) in [6.45, 7) is 0.972. The van der Waals surface area contributed by atoms with Crippen LogP contribution in [-0.4, -0.2) is 5.97 Å². The quantitative estimate of drug-likeness (QED) is 0.716. The number of carboxylic acid groups (broad SMARTS) is 1. The van der Waals surface area contributed by atoms with Crippen molar-refractivity contribution in [3.63, 3.8) is 0 Å². The molecule has 0 fully saturated rings. The van der Waals surface area contributed by atoms with Gasteiger partial charge in [-0.1, -0.05) is 24.3 Å². The Morgan fingerprint density at radius 3 is 2.42 bits per heavy atom. The van der Waals surface area contributed by atoms with Crippen molar-refractivity contribution >= 4 is 11.7 Å². The van der Waals surface area contributed by atoms with Crippen LogP contribution in [0.4, 0.5) is 0 Å². The Morgan fingerprint density at radius 1 is 1.11 bits per heavy atom. The van der Waals surface area contributed by atoms with E-state index < -0.39 is 5.97 Å². The van der Waals surface area contributed by atoms with Crippen molar-refractivity contribution in [2.45, 2.75) is 13.3 Å². The smallest absolute Gasteiger partial charge is 0.214 e. The number of carboxylic acids is 1. The highest BCUT2D eigenvalue weighted by Crippen LogP contribution is 2.17. The minimum atomic E-state index is -1.08. The molecule has 0 atom stereocenters. The third kappa shape index (κ3) is 3.28. The van der Waals surface area contributed by atoms with Gasteiger partial charge in [0.2, 0.25) is 5.70 Å². The number of carbonyl (C=O) groups excluding carboxylic acids is 1. The van der Waals surface area contributed by atoms with E-state index in [1.54, 1.807) is 0 Å². The van der Waals surface area contributed by atoms with Gasteiger partial charge in [0.1, 0.15) is 0 Å².